The van der Waals surface area contributed by atoms with Gasteiger partial charge >= 0.3 is 6.15 Å². The van der Waals surface area contributed by atoms with Crippen LogP contribution in [0.4, 0.5) is 0 Å². The minimum Gasteiger partial charge on any atom is -0.352 e. The van der Waals surface area contributed by atoms with Crippen LogP contribution in [-0.2, 0) is 14.4 Å². The van der Waals surface area contributed by atoms with E-state index in [-0.39, 0.29) is 12.1 Å². The summed E-state index contributed by atoms with van der Waals surface area (Å²) < 4.78 is 0. The molecule has 0 bridgehead atoms. The molecule has 5 nitrogen and oxygen atoms in total. The van der Waals surface area contributed by atoms with Gasteiger partial charge in [-0.25, -0.2) is 4.98 Å². The summed E-state index contributed by atoms with van der Waals surface area (Å²) in [5, 5.41) is 5.98. The van der Waals surface area contributed by atoms with Crippen molar-refractivity contribution in [1.29, 1.82) is 0 Å². The lowest BCUT2D eigenvalue weighted by atomic mass is 10.2. The van der Waals surface area contributed by atoms with E-state index in [2.05, 4.69) is 16.4 Å². The Morgan fingerprint density at radius 3 is 2.75 bits per heavy atom. The van der Waals surface area contributed by atoms with Crippen LogP contribution in [0.25, 0.3) is 5.57 Å². The lowest BCUT2D eigenvalue weighted by Crippen LogP contribution is -2.25. The summed E-state index contributed by atoms with van der Waals surface area (Å²) in [7, 11) is 0. The molecule has 0 aromatic carbocycles. The van der Waals surface area contributed by atoms with Gasteiger partial charge in [0.1, 0.15) is 0 Å². The predicted octanol–water partition coefficient (Wildman–Crippen LogP) is 2.11. The van der Waals surface area contributed by atoms with Crippen molar-refractivity contribution in [3.63, 3.8) is 0 Å². The monoisotopic (exact) mass is 292 g/mol. The second-order valence-corrected chi connectivity index (χ2v) is 5.19. The van der Waals surface area contributed by atoms with Gasteiger partial charge in [-0.2, -0.15) is 9.59 Å². The maximum atomic E-state index is 11.8. The maximum Gasteiger partial charge on any atom is 0.373 e. The second kappa shape index (κ2) is 8.19. The fraction of sp³-hybridized carbons (Fsp3) is 0.357. The van der Waals surface area contributed by atoms with Crippen LogP contribution in [0.3, 0.4) is 0 Å². The zero-order valence-electron chi connectivity index (χ0n) is 11.4. The zero-order chi connectivity index (χ0) is 15.0. The topological polar surface area (TPSA) is 76.1 Å². The number of hydrogen-bond donors (Lipinski definition) is 1. The molecule has 0 saturated heterocycles. The van der Waals surface area contributed by atoms with Gasteiger partial charge in [-0.1, -0.05) is 13.0 Å². The number of thiazole rings is 1. The highest BCUT2D eigenvalue weighted by Crippen LogP contribution is 2.27. The van der Waals surface area contributed by atoms with Gasteiger partial charge in [0, 0.05) is 17.5 Å². The van der Waals surface area contributed by atoms with Crippen molar-refractivity contribution < 1.29 is 14.4 Å². The summed E-state index contributed by atoms with van der Waals surface area (Å²) >= 11 is 1.63. The first-order chi connectivity index (χ1) is 9.62. The Bertz CT molecular complexity index is 567. The van der Waals surface area contributed by atoms with Crippen molar-refractivity contribution in [1.82, 2.24) is 10.3 Å². The Labute approximate surface area is 121 Å². The van der Waals surface area contributed by atoms with Crippen LogP contribution in [0.2, 0.25) is 0 Å². The van der Waals surface area contributed by atoms with Crippen LogP contribution < -0.4 is 5.32 Å². The number of nitrogens with zero attached hydrogens (tertiary/aromatic N) is 1. The molecule has 106 valence electrons. The van der Waals surface area contributed by atoms with Gasteiger partial charge in [-0.15, -0.1) is 11.3 Å². The molecule has 0 fully saturated rings. The molecule has 0 unspecified atom stereocenters. The number of nitrogens with one attached hydrogen (secondary N) is 1. The summed E-state index contributed by atoms with van der Waals surface area (Å²) in [4.78, 5) is 32.4. The van der Waals surface area contributed by atoms with Crippen molar-refractivity contribution in [3.05, 3.63) is 33.8 Å². The number of rotatable bonds is 4. The Hall–Kier alpha value is -2.04. The third kappa shape index (κ3) is 4.57. The van der Waals surface area contributed by atoms with Gasteiger partial charge in [0.2, 0.25) is 5.91 Å². The standard InChI is InChI=1S/C13H16N2OS.CO2/c1-3-6-14-13(16)11-5-4-10(7-11)12-8-17-9(2)15-12;2-1-3/h4,7-8H,3,5-6H2,1-2H3,(H,14,16);. The number of carbonyl (C=O) groups is 1. The molecule has 0 spiro atoms. The molecular formula is C14H16N2O3S. The summed E-state index contributed by atoms with van der Waals surface area (Å²) in [6.07, 6.45) is 5.93. The largest absolute Gasteiger partial charge is 0.373 e. The van der Waals surface area contributed by atoms with E-state index in [0.29, 0.717) is 6.42 Å². The lowest BCUT2D eigenvalue weighted by Gasteiger charge is -2.02. The average Bonchev–Trinajstić information content (AvgIpc) is 3.05. The molecule has 20 heavy (non-hydrogen) atoms. The summed E-state index contributed by atoms with van der Waals surface area (Å²) in [5.74, 6) is 0.0463. The Kier molecular flexibility index (Phi) is 6.56. The first kappa shape index (κ1) is 16.0. The second-order valence-electron chi connectivity index (χ2n) is 4.12. The Morgan fingerprint density at radius 1 is 1.50 bits per heavy atom. The molecule has 1 aliphatic rings. The first-order valence-corrected chi connectivity index (χ1v) is 7.11. The highest BCUT2D eigenvalue weighted by Gasteiger charge is 2.15. The van der Waals surface area contributed by atoms with E-state index in [1.807, 2.05) is 25.3 Å². The van der Waals surface area contributed by atoms with Crippen molar-refractivity contribution in [2.24, 2.45) is 0 Å². The number of amides is 1. The number of carbonyl (C=O) groups excluding carboxylic acids is 3. The fourth-order valence-electron chi connectivity index (χ4n) is 1.71. The highest BCUT2D eigenvalue weighted by atomic mass is 32.1. The van der Waals surface area contributed by atoms with Gasteiger partial charge in [0.25, 0.3) is 0 Å². The van der Waals surface area contributed by atoms with Gasteiger partial charge in [0.15, 0.2) is 0 Å². The van der Waals surface area contributed by atoms with E-state index < -0.39 is 0 Å². The van der Waals surface area contributed by atoms with Crippen LogP contribution in [-0.4, -0.2) is 23.6 Å². The van der Waals surface area contributed by atoms with Crippen molar-refractivity contribution in [2.45, 2.75) is 26.7 Å². The Morgan fingerprint density at radius 2 is 2.20 bits per heavy atom. The van der Waals surface area contributed by atoms with Crippen LogP contribution in [0.1, 0.15) is 30.5 Å². The molecule has 1 aliphatic carbocycles. The van der Waals surface area contributed by atoms with E-state index in [4.69, 9.17) is 9.59 Å². The van der Waals surface area contributed by atoms with Crippen LogP contribution in [0.15, 0.2) is 23.1 Å². The lowest BCUT2D eigenvalue weighted by molar-refractivity contribution is -0.191. The van der Waals surface area contributed by atoms with E-state index in [1.54, 1.807) is 11.3 Å². The molecule has 0 saturated carbocycles. The number of aromatic nitrogens is 1. The SMILES string of the molecule is CCCNC(=O)C1=CC(c2csc(C)n2)=CC1.O=C=O. The van der Waals surface area contributed by atoms with Gasteiger partial charge in [-0.05, 0) is 31.4 Å². The van der Waals surface area contributed by atoms with Crippen LogP contribution in [0.5, 0.6) is 0 Å². The molecule has 2 rings (SSSR count). The molecular weight excluding hydrogens is 276 g/mol. The molecule has 1 aromatic heterocycles. The summed E-state index contributed by atoms with van der Waals surface area (Å²) in [6, 6.07) is 0. The van der Waals surface area contributed by atoms with Crippen LogP contribution in [0, 0.1) is 6.92 Å². The molecule has 1 N–H and O–H groups in total. The number of allylic oxidation sites excluding steroid dienone is 3. The van der Waals surface area contributed by atoms with Crippen molar-refractivity contribution in [3.8, 4) is 0 Å². The first-order valence-electron chi connectivity index (χ1n) is 6.23. The minimum atomic E-state index is 0.0463. The van der Waals surface area contributed by atoms with Gasteiger partial charge in [-0.3, -0.25) is 4.79 Å². The smallest absolute Gasteiger partial charge is 0.352 e. The highest BCUT2D eigenvalue weighted by molar-refractivity contribution is 7.09. The molecule has 1 heterocycles. The number of hydrogen-bond acceptors (Lipinski definition) is 5. The van der Waals surface area contributed by atoms with Crippen molar-refractivity contribution >= 4 is 29.0 Å². The van der Waals surface area contributed by atoms with E-state index >= 15 is 0 Å². The molecule has 6 heteroatoms. The third-order valence-electron chi connectivity index (χ3n) is 2.61. The van der Waals surface area contributed by atoms with E-state index in [0.717, 1.165) is 34.8 Å². The van der Waals surface area contributed by atoms with Gasteiger partial charge < -0.3 is 5.32 Å². The molecule has 0 aliphatic heterocycles. The average molecular weight is 292 g/mol. The van der Waals surface area contributed by atoms with E-state index in [1.165, 1.54) is 0 Å². The summed E-state index contributed by atoms with van der Waals surface area (Å²) in [6.45, 7) is 4.77. The molecule has 0 radical (unpaired) electrons. The summed E-state index contributed by atoms with van der Waals surface area (Å²) in [5.41, 5.74) is 2.88. The fourth-order valence-corrected chi connectivity index (χ4v) is 2.33. The third-order valence-corrected chi connectivity index (χ3v) is 3.39. The van der Waals surface area contributed by atoms with Crippen LogP contribution >= 0.6 is 11.3 Å². The maximum absolute atomic E-state index is 11.8. The zero-order valence-corrected chi connectivity index (χ0v) is 12.3. The van der Waals surface area contributed by atoms with Crippen molar-refractivity contribution in [2.75, 3.05) is 6.54 Å². The Balaban J connectivity index is 0.000000612. The van der Waals surface area contributed by atoms with E-state index in [9.17, 15) is 4.79 Å². The quantitative estimate of drug-likeness (QED) is 0.922. The predicted molar refractivity (Wildman–Crippen MR) is 75.8 cm³/mol. The number of aryl methyl sites for hydroxylation is 1. The van der Waals surface area contributed by atoms with Gasteiger partial charge in [0.05, 0.1) is 10.7 Å². The molecule has 1 amide bonds. The minimum absolute atomic E-state index is 0.0463. The molecule has 0 atom stereocenters. The normalized spacial score (nSPS) is 12.7. The molecule has 1 aromatic rings.